The zero-order valence-corrected chi connectivity index (χ0v) is 20.3. The summed E-state index contributed by atoms with van der Waals surface area (Å²) in [4.78, 5) is 19.0. The van der Waals surface area contributed by atoms with Crippen LogP contribution in [0.4, 0.5) is 0 Å². The molecule has 0 atom stereocenters. The number of carbonyl (C=O) groups excluding carboxylic acids is 1. The van der Waals surface area contributed by atoms with E-state index in [-0.39, 0.29) is 29.0 Å². The van der Waals surface area contributed by atoms with Gasteiger partial charge in [-0.05, 0) is 47.9 Å². The molecule has 1 fully saturated rings. The maximum Gasteiger partial charge on any atom is 0.253 e. The fraction of sp³-hybridized carbons (Fsp3) is 0.182. The van der Waals surface area contributed by atoms with Crippen LogP contribution in [0.25, 0.3) is 21.3 Å². The van der Waals surface area contributed by atoms with E-state index < -0.39 is 10.0 Å². The van der Waals surface area contributed by atoms with E-state index in [9.17, 15) is 18.3 Å². The quantitative estimate of drug-likeness (QED) is 0.421. The first-order valence-corrected chi connectivity index (χ1v) is 13.5. The van der Waals surface area contributed by atoms with Crippen LogP contribution in [-0.4, -0.2) is 53.3 Å². The Bertz CT molecular complexity index is 1450. The third-order valence-electron chi connectivity index (χ3n) is 5.38. The van der Waals surface area contributed by atoms with Crippen molar-refractivity contribution in [3.05, 3.63) is 63.9 Å². The van der Waals surface area contributed by atoms with Crippen molar-refractivity contribution in [2.75, 3.05) is 19.6 Å². The Morgan fingerprint density at radius 3 is 2.64 bits per heavy atom. The second-order valence-corrected chi connectivity index (χ2v) is 12.2. The molecule has 4 aromatic rings. The Morgan fingerprint density at radius 2 is 1.88 bits per heavy atom. The van der Waals surface area contributed by atoms with Gasteiger partial charge in [0.1, 0.15) is 15.0 Å². The topological polar surface area (TPSA) is 90.8 Å². The van der Waals surface area contributed by atoms with E-state index in [4.69, 9.17) is 11.6 Å². The highest BCUT2D eigenvalue weighted by Gasteiger charge is 2.34. The number of hydrogen-bond donors (Lipinski definition) is 1. The standard InChI is InChI=1S/C22H18ClN3O4S3/c23-16-4-1-15-9-22(32-19(15)10-16)33(29,30)26-8-7-25(21(28)12-26)11-20-24-18(13-31-20)14-2-5-17(27)6-3-14/h1-6,9-10,13,27H,7-8,11-12H2. The first kappa shape index (κ1) is 22.3. The fourth-order valence-electron chi connectivity index (χ4n) is 3.61. The Morgan fingerprint density at radius 1 is 1.09 bits per heavy atom. The number of carbonyl (C=O) groups is 1. The highest BCUT2D eigenvalue weighted by Crippen LogP contribution is 2.33. The molecule has 33 heavy (non-hydrogen) atoms. The minimum Gasteiger partial charge on any atom is -0.508 e. The molecule has 1 aliphatic heterocycles. The van der Waals surface area contributed by atoms with E-state index in [0.29, 0.717) is 18.1 Å². The van der Waals surface area contributed by atoms with E-state index in [2.05, 4.69) is 4.98 Å². The summed E-state index contributed by atoms with van der Waals surface area (Å²) in [5.41, 5.74) is 1.65. The molecule has 0 spiro atoms. The summed E-state index contributed by atoms with van der Waals surface area (Å²) < 4.78 is 28.5. The molecule has 0 bridgehead atoms. The van der Waals surface area contributed by atoms with Gasteiger partial charge in [0, 0.05) is 33.8 Å². The van der Waals surface area contributed by atoms with Crippen LogP contribution in [0.3, 0.4) is 0 Å². The van der Waals surface area contributed by atoms with Crippen molar-refractivity contribution < 1.29 is 18.3 Å². The number of aromatic hydroxyl groups is 1. The molecule has 0 aliphatic carbocycles. The van der Waals surface area contributed by atoms with Gasteiger partial charge in [0.05, 0.1) is 18.8 Å². The molecular weight excluding hydrogens is 502 g/mol. The molecule has 170 valence electrons. The number of phenolic OH excluding ortho intramolecular Hbond substituents is 1. The van der Waals surface area contributed by atoms with Crippen LogP contribution < -0.4 is 0 Å². The van der Waals surface area contributed by atoms with Crippen molar-refractivity contribution in [2.45, 2.75) is 10.8 Å². The molecule has 7 nitrogen and oxygen atoms in total. The molecule has 11 heteroatoms. The summed E-state index contributed by atoms with van der Waals surface area (Å²) in [5.74, 6) is -0.0672. The lowest BCUT2D eigenvalue weighted by molar-refractivity contribution is -0.134. The molecule has 0 saturated carbocycles. The molecule has 3 heterocycles. The van der Waals surface area contributed by atoms with Gasteiger partial charge in [0.2, 0.25) is 5.91 Å². The molecule has 2 aromatic carbocycles. The lowest BCUT2D eigenvalue weighted by Crippen LogP contribution is -2.51. The number of fused-ring (bicyclic) bond motifs is 1. The Hall–Kier alpha value is -2.50. The third-order valence-corrected chi connectivity index (χ3v) is 9.84. The normalized spacial score (nSPS) is 15.4. The highest BCUT2D eigenvalue weighted by atomic mass is 35.5. The van der Waals surface area contributed by atoms with Crippen molar-refractivity contribution >= 4 is 60.3 Å². The number of amides is 1. The molecule has 5 rings (SSSR count). The Balaban J connectivity index is 1.28. The van der Waals surface area contributed by atoms with Gasteiger partial charge in [-0.1, -0.05) is 17.7 Å². The van der Waals surface area contributed by atoms with Crippen molar-refractivity contribution in [1.29, 1.82) is 0 Å². The Kier molecular flexibility index (Phi) is 5.87. The molecule has 1 aliphatic rings. The second kappa shape index (κ2) is 8.69. The van der Waals surface area contributed by atoms with Crippen LogP contribution in [0.15, 0.2) is 58.1 Å². The predicted octanol–water partition coefficient (Wildman–Crippen LogP) is 4.42. The largest absolute Gasteiger partial charge is 0.508 e. The van der Waals surface area contributed by atoms with Crippen LogP contribution in [0, 0.1) is 0 Å². The maximum absolute atomic E-state index is 13.1. The van der Waals surface area contributed by atoms with E-state index in [0.717, 1.165) is 37.7 Å². The number of benzene rings is 2. The van der Waals surface area contributed by atoms with Gasteiger partial charge in [0.15, 0.2) is 0 Å². The number of thiazole rings is 1. The van der Waals surface area contributed by atoms with Gasteiger partial charge in [-0.15, -0.1) is 22.7 Å². The van der Waals surface area contributed by atoms with Crippen molar-refractivity contribution in [3.63, 3.8) is 0 Å². The van der Waals surface area contributed by atoms with Gasteiger partial charge in [-0.2, -0.15) is 4.31 Å². The number of piperazine rings is 1. The van der Waals surface area contributed by atoms with Gasteiger partial charge in [-0.25, -0.2) is 13.4 Å². The SMILES string of the molecule is O=C1CN(S(=O)(=O)c2cc3ccc(Cl)cc3s2)CCN1Cc1nc(-c2ccc(O)cc2)cs1. The minimum atomic E-state index is -3.77. The number of hydrogen-bond acceptors (Lipinski definition) is 7. The predicted molar refractivity (Wildman–Crippen MR) is 130 cm³/mol. The van der Waals surface area contributed by atoms with E-state index in [1.54, 1.807) is 53.4 Å². The number of phenols is 1. The first-order valence-electron chi connectivity index (χ1n) is 10.0. The number of nitrogens with zero attached hydrogens (tertiary/aromatic N) is 3. The number of rotatable bonds is 5. The molecule has 1 saturated heterocycles. The summed E-state index contributed by atoms with van der Waals surface area (Å²) >= 11 is 8.62. The third kappa shape index (κ3) is 4.49. The Labute approximate surface area is 203 Å². The smallest absolute Gasteiger partial charge is 0.253 e. The molecule has 1 N–H and O–H groups in total. The van der Waals surface area contributed by atoms with Crippen LogP contribution in [-0.2, 0) is 21.4 Å². The lowest BCUT2D eigenvalue weighted by atomic mass is 10.2. The highest BCUT2D eigenvalue weighted by molar-refractivity contribution is 7.91. The van der Waals surface area contributed by atoms with E-state index in [1.165, 1.54) is 15.6 Å². The lowest BCUT2D eigenvalue weighted by Gasteiger charge is -2.32. The number of halogens is 1. The minimum absolute atomic E-state index is 0.187. The second-order valence-electron chi connectivity index (χ2n) is 7.57. The van der Waals surface area contributed by atoms with Gasteiger partial charge >= 0.3 is 0 Å². The average molecular weight is 520 g/mol. The maximum atomic E-state index is 13.1. The van der Waals surface area contributed by atoms with Crippen LogP contribution in [0.1, 0.15) is 5.01 Å². The number of sulfonamides is 1. The van der Waals surface area contributed by atoms with Gasteiger partial charge in [-0.3, -0.25) is 4.79 Å². The fourth-order valence-corrected chi connectivity index (χ4v) is 7.63. The summed E-state index contributed by atoms with van der Waals surface area (Å²) in [7, 11) is -3.77. The summed E-state index contributed by atoms with van der Waals surface area (Å²) in [6.45, 7) is 0.645. The van der Waals surface area contributed by atoms with Crippen LogP contribution in [0.5, 0.6) is 5.75 Å². The molecule has 0 unspecified atom stereocenters. The average Bonchev–Trinajstić information content (AvgIpc) is 3.43. The molecule has 2 aromatic heterocycles. The van der Waals surface area contributed by atoms with E-state index >= 15 is 0 Å². The first-order chi connectivity index (χ1) is 15.8. The zero-order valence-electron chi connectivity index (χ0n) is 17.1. The monoisotopic (exact) mass is 519 g/mol. The number of aromatic nitrogens is 1. The zero-order chi connectivity index (χ0) is 23.2. The molecule has 0 radical (unpaired) electrons. The molecular formula is C22H18ClN3O4S3. The van der Waals surface area contributed by atoms with Crippen LogP contribution >= 0.6 is 34.3 Å². The van der Waals surface area contributed by atoms with Crippen molar-refractivity contribution in [2.24, 2.45) is 0 Å². The number of thiophene rings is 1. The van der Waals surface area contributed by atoms with Gasteiger partial charge in [0.25, 0.3) is 10.0 Å². The van der Waals surface area contributed by atoms with Crippen molar-refractivity contribution in [1.82, 2.24) is 14.2 Å². The van der Waals surface area contributed by atoms with Gasteiger partial charge < -0.3 is 10.0 Å². The summed E-state index contributed by atoms with van der Waals surface area (Å²) in [6.07, 6.45) is 0. The van der Waals surface area contributed by atoms with E-state index in [1.807, 2.05) is 5.38 Å². The molecule has 1 amide bonds. The summed E-state index contributed by atoms with van der Waals surface area (Å²) in [6, 6.07) is 13.6. The summed E-state index contributed by atoms with van der Waals surface area (Å²) in [5, 5.41) is 13.5. The van der Waals surface area contributed by atoms with Crippen molar-refractivity contribution in [3.8, 4) is 17.0 Å². The van der Waals surface area contributed by atoms with Crippen LogP contribution in [0.2, 0.25) is 5.02 Å².